The molecule has 0 saturated heterocycles. The van der Waals surface area contributed by atoms with Gasteiger partial charge >= 0.3 is 0 Å². The number of fused-ring (bicyclic) bond motifs is 1. The fourth-order valence-electron chi connectivity index (χ4n) is 2.93. The quantitative estimate of drug-likeness (QED) is 0.616. The van der Waals surface area contributed by atoms with E-state index < -0.39 is 27.5 Å². The van der Waals surface area contributed by atoms with E-state index in [2.05, 4.69) is 25.7 Å². The number of likely N-dealkylation sites (N-methyl/N-ethyl adjacent to an activating group) is 1. The maximum absolute atomic E-state index is 14.4. The van der Waals surface area contributed by atoms with Crippen LogP contribution in [0.2, 0.25) is 0 Å². The van der Waals surface area contributed by atoms with E-state index in [1.165, 1.54) is 24.1 Å². The Kier molecular flexibility index (Phi) is 4.81. The minimum absolute atomic E-state index is 0.00541. The van der Waals surface area contributed by atoms with Crippen molar-refractivity contribution in [1.82, 2.24) is 25.1 Å². The molecule has 0 aliphatic carbocycles. The summed E-state index contributed by atoms with van der Waals surface area (Å²) in [4.78, 5) is 19.1. The number of carbonyl (C=O) groups is 1. The van der Waals surface area contributed by atoms with Crippen molar-refractivity contribution in [1.29, 1.82) is 0 Å². The molecular weight excluding hydrogens is 420 g/mol. The Bertz CT molecular complexity index is 1250. The Hall–Kier alpha value is -3.61. The van der Waals surface area contributed by atoms with Gasteiger partial charge in [-0.2, -0.15) is 10.1 Å². The zero-order valence-corrected chi connectivity index (χ0v) is 16.3. The lowest BCUT2D eigenvalue weighted by Crippen LogP contribution is -2.26. The molecule has 1 aliphatic heterocycles. The second-order valence-electron chi connectivity index (χ2n) is 6.35. The van der Waals surface area contributed by atoms with Crippen LogP contribution in [0.3, 0.4) is 0 Å². The van der Waals surface area contributed by atoms with Crippen LogP contribution in [0.15, 0.2) is 41.7 Å². The molecule has 10 nitrogen and oxygen atoms in total. The smallest absolute Gasteiger partial charge is 0.266 e. The van der Waals surface area contributed by atoms with Crippen molar-refractivity contribution in [2.24, 2.45) is 0 Å². The monoisotopic (exact) mass is 435 g/mol. The van der Waals surface area contributed by atoms with Gasteiger partial charge in [-0.25, -0.2) is 26.5 Å². The van der Waals surface area contributed by atoms with Gasteiger partial charge < -0.3 is 10.6 Å². The van der Waals surface area contributed by atoms with Gasteiger partial charge in [-0.15, -0.1) is 0 Å². The third-order valence-corrected chi connectivity index (χ3v) is 6.18. The molecular formula is C17H15F2N7O3S. The predicted octanol–water partition coefficient (Wildman–Crippen LogP) is 1.15. The van der Waals surface area contributed by atoms with Crippen LogP contribution >= 0.6 is 0 Å². The van der Waals surface area contributed by atoms with Crippen LogP contribution in [0, 0.1) is 11.6 Å². The number of nitrogens with one attached hydrogen (secondary N) is 2. The van der Waals surface area contributed by atoms with Crippen LogP contribution in [-0.2, 0) is 27.9 Å². The van der Waals surface area contributed by atoms with Crippen LogP contribution in [0.4, 0.5) is 26.2 Å². The fraction of sp³-hybridized carbons (Fsp3) is 0.176. The summed E-state index contributed by atoms with van der Waals surface area (Å²) in [5.41, 5.74) is 0.615. The molecule has 3 heterocycles. The number of rotatable bonds is 5. The molecule has 4 rings (SSSR count). The molecule has 1 aliphatic rings. The Morgan fingerprint density at radius 3 is 2.83 bits per heavy atom. The minimum atomic E-state index is -4.09. The van der Waals surface area contributed by atoms with E-state index in [4.69, 9.17) is 0 Å². The van der Waals surface area contributed by atoms with Gasteiger partial charge in [0.15, 0.2) is 11.6 Å². The van der Waals surface area contributed by atoms with Crippen molar-refractivity contribution in [3.63, 3.8) is 0 Å². The number of sulfonamides is 1. The molecule has 13 heteroatoms. The Labute approximate surface area is 169 Å². The Morgan fingerprint density at radius 1 is 1.27 bits per heavy atom. The number of amides is 1. The summed E-state index contributed by atoms with van der Waals surface area (Å²) < 4.78 is 55.5. The average Bonchev–Trinajstić information content (AvgIpc) is 3.24. The summed E-state index contributed by atoms with van der Waals surface area (Å²) in [7, 11) is -2.59. The highest BCUT2D eigenvalue weighted by atomic mass is 32.2. The molecule has 0 saturated carbocycles. The maximum atomic E-state index is 14.4. The lowest BCUT2D eigenvalue weighted by molar-refractivity contribution is -0.121. The molecule has 1 aromatic carbocycles. The molecule has 3 aromatic rings. The molecule has 0 spiro atoms. The largest absolute Gasteiger partial charge is 0.358 e. The second kappa shape index (κ2) is 7.33. The summed E-state index contributed by atoms with van der Waals surface area (Å²) in [6.07, 6.45) is 3.74. The topological polar surface area (TPSA) is 122 Å². The molecule has 0 radical (unpaired) electrons. The number of nitrogens with zero attached hydrogens (tertiary/aromatic N) is 5. The molecule has 0 unspecified atom stereocenters. The molecule has 30 heavy (non-hydrogen) atoms. The van der Waals surface area contributed by atoms with Crippen LogP contribution in [-0.4, -0.2) is 41.1 Å². The highest BCUT2D eigenvalue weighted by Gasteiger charge is 2.37. The second-order valence-corrected chi connectivity index (χ2v) is 8.18. The standard InChI is InChI=1S/C17H15F2N7O3S/c1-20-15(27)9-25-8-12(5-22-25)23-17-21-6-13(19)16(24-17)26-7-10-4-11(18)2-3-14(10)30(26,28)29/h2-6,8H,7,9H2,1H3,(H,20,27)(H,21,23,24). The first-order valence-corrected chi connectivity index (χ1v) is 10.1. The Morgan fingerprint density at radius 2 is 2.07 bits per heavy atom. The maximum Gasteiger partial charge on any atom is 0.266 e. The van der Waals surface area contributed by atoms with Gasteiger partial charge in [0.25, 0.3) is 10.0 Å². The van der Waals surface area contributed by atoms with E-state index in [0.717, 1.165) is 28.7 Å². The molecule has 1 amide bonds. The Balaban J connectivity index is 1.61. The van der Waals surface area contributed by atoms with Gasteiger partial charge in [0.1, 0.15) is 12.4 Å². The summed E-state index contributed by atoms with van der Waals surface area (Å²) in [5.74, 6) is -2.34. The van der Waals surface area contributed by atoms with Gasteiger partial charge in [0.05, 0.1) is 29.5 Å². The van der Waals surface area contributed by atoms with E-state index in [9.17, 15) is 22.0 Å². The molecule has 0 bridgehead atoms. The van der Waals surface area contributed by atoms with E-state index in [1.54, 1.807) is 0 Å². The molecule has 156 valence electrons. The average molecular weight is 435 g/mol. The van der Waals surface area contributed by atoms with E-state index in [1.807, 2.05) is 0 Å². The van der Waals surface area contributed by atoms with Gasteiger partial charge in [0, 0.05) is 13.2 Å². The van der Waals surface area contributed by atoms with Crippen molar-refractivity contribution in [2.75, 3.05) is 16.7 Å². The highest BCUT2D eigenvalue weighted by molar-refractivity contribution is 7.93. The SMILES string of the molecule is CNC(=O)Cn1cc(Nc2ncc(F)c(N3Cc4cc(F)ccc4S3(=O)=O)n2)cn1. The number of aromatic nitrogens is 4. The van der Waals surface area contributed by atoms with Crippen LogP contribution in [0.5, 0.6) is 0 Å². The number of benzene rings is 1. The summed E-state index contributed by atoms with van der Waals surface area (Å²) in [6, 6.07) is 3.25. The zero-order valence-electron chi connectivity index (χ0n) is 15.5. The van der Waals surface area contributed by atoms with Gasteiger partial charge in [-0.1, -0.05) is 0 Å². The van der Waals surface area contributed by atoms with Crippen molar-refractivity contribution >= 4 is 33.4 Å². The zero-order chi connectivity index (χ0) is 21.5. The first-order valence-electron chi connectivity index (χ1n) is 8.61. The summed E-state index contributed by atoms with van der Waals surface area (Å²) in [6.45, 7) is -0.262. The van der Waals surface area contributed by atoms with Crippen LogP contribution in [0.1, 0.15) is 5.56 Å². The van der Waals surface area contributed by atoms with Crippen LogP contribution in [0.25, 0.3) is 0 Å². The van der Waals surface area contributed by atoms with Crippen molar-refractivity contribution in [3.05, 3.63) is 54.0 Å². The van der Waals surface area contributed by atoms with Crippen molar-refractivity contribution < 1.29 is 22.0 Å². The van der Waals surface area contributed by atoms with E-state index in [0.29, 0.717) is 5.69 Å². The molecule has 2 N–H and O–H groups in total. The van der Waals surface area contributed by atoms with Crippen molar-refractivity contribution in [3.8, 4) is 0 Å². The van der Waals surface area contributed by atoms with Gasteiger partial charge in [-0.05, 0) is 23.8 Å². The van der Waals surface area contributed by atoms with E-state index in [-0.39, 0.29) is 35.4 Å². The van der Waals surface area contributed by atoms with Gasteiger partial charge in [-0.3, -0.25) is 9.48 Å². The normalized spacial score (nSPS) is 14.4. The molecule has 0 atom stereocenters. The third kappa shape index (κ3) is 3.54. The predicted molar refractivity (Wildman–Crippen MR) is 101 cm³/mol. The minimum Gasteiger partial charge on any atom is -0.358 e. The lowest BCUT2D eigenvalue weighted by atomic mass is 10.2. The number of anilines is 3. The third-order valence-electron chi connectivity index (χ3n) is 4.34. The molecule has 2 aromatic heterocycles. The number of halogens is 2. The summed E-state index contributed by atoms with van der Waals surface area (Å²) in [5, 5.41) is 9.24. The number of carbonyl (C=O) groups excluding carboxylic acids is 1. The number of hydrogen-bond acceptors (Lipinski definition) is 7. The molecule has 0 fully saturated rings. The van der Waals surface area contributed by atoms with E-state index >= 15 is 0 Å². The lowest BCUT2D eigenvalue weighted by Gasteiger charge is -2.17. The summed E-state index contributed by atoms with van der Waals surface area (Å²) >= 11 is 0. The van der Waals surface area contributed by atoms with Gasteiger partial charge in [0.2, 0.25) is 11.9 Å². The highest BCUT2D eigenvalue weighted by Crippen LogP contribution is 2.35. The first-order chi connectivity index (χ1) is 14.3. The first kappa shape index (κ1) is 19.7. The van der Waals surface area contributed by atoms with Crippen molar-refractivity contribution in [2.45, 2.75) is 18.0 Å². The fourth-order valence-corrected chi connectivity index (χ4v) is 4.53. The number of hydrogen-bond donors (Lipinski definition) is 2. The van der Waals surface area contributed by atoms with Crippen LogP contribution < -0.4 is 14.9 Å².